The van der Waals surface area contributed by atoms with E-state index in [0.29, 0.717) is 25.8 Å². The number of carboxylic acid groups (broad SMARTS) is 1. The van der Waals surface area contributed by atoms with Crippen LogP contribution in [0.5, 0.6) is 17.5 Å². The summed E-state index contributed by atoms with van der Waals surface area (Å²) in [6, 6.07) is 20.4. The van der Waals surface area contributed by atoms with Crippen molar-refractivity contribution in [3.63, 3.8) is 0 Å². The van der Waals surface area contributed by atoms with Crippen molar-refractivity contribution in [3.05, 3.63) is 71.8 Å². The zero-order chi connectivity index (χ0) is 23.9. The number of nitrogens with one attached hydrogen (secondary N) is 1. The van der Waals surface area contributed by atoms with Crippen LogP contribution < -0.4 is 19.5 Å². The molecule has 4 aromatic rings. The molecular weight excluding hydrogens is 446 g/mol. The van der Waals surface area contributed by atoms with Crippen molar-refractivity contribution in [2.75, 3.05) is 25.1 Å². The Morgan fingerprint density at radius 1 is 1.11 bits per heavy atom. The molecule has 3 aromatic carbocycles. The van der Waals surface area contributed by atoms with E-state index >= 15 is 0 Å². The number of aromatic nitrogens is 2. The maximum absolute atomic E-state index is 11.1. The SMILES string of the molecule is CCOc1nc2ccccc2n1-c1cccc2c1OC[C@@H]2Nc1ccc2c(c1)OC[C@H]2CC(=O)O. The van der Waals surface area contributed by atoms with Crippen molar-refractivity contribution in [1.82, 2.24) is 9.55 Å². The topological polar surface area (TPSA) is 94.8 Å². The van der Waals surface area contributed by atoms with Crippen molar-refractivity contribution >= 4 is 22.7 Å². The van der Waals surface area contributed by atoms with Crippen molar-refractivity contribution in [2.24, 2.45) is 0 Å². The van der Waals surface area contributed by atoms with Crippen LogP contribution in [0.15, 0.2) is 60.7 Å². The van der Waals surface area contributed by atoms with E-state index in [-0.39, 0.29) is 18.4 Å². The van der Waals surface area contributed by atoms with Crippen LogP contribution in [0.25, 0.3) is 16.7 Å². The van der Waals surface area contributed by atoms with Crippen LogP contribution in [0.1, 0.15) is 36.4 Å². The van der Waals surface area contributed by atoms with Crippen LogP contribution in [0.2, 0.25) is 0 Å². The second-order valence-corrected chi connectivity index (χ2v) is 8.71. The predicted molar refractivity (Wildman–Crippen MR) is 131 cm³/mol. The number of fused-ring (bicyclic) bond motifs is 3. The van der Waals surface area contributed by atoms with E-state index in [1.54, 1.807) is 0 Å². The number of carboxylic acids is 1. The highest BCUT2D eigenvalue weighted by molar-refractivity contribution is 5.80. The van der Waals surface area contributed by atoms with Crippen LogP contribution in [-0.2, 0) is 4.79 Å². The van der Waals surface area contributed by atoms with Crippen LogP contribution >= 0.6 is 0 Å². The third-order valence-electron chi connectivity index (χ3n) is 6.49. The number of ether oxygens (including phenoxy) is 3. The van der Waals surface area contributed by atoms with E-state index in [1.807, 2.05) is 66.1 Å². The molecule has 8 nitrogen and oxygen atoms in total. The molecule has 3 heterocycles. The van der Waals surface area contributed by atoms with E-state index in [2.05, 4.69) is 16.4 Å². The Morgan fingerprint density at radius 3 is 2.86 bits per heavy atom. The highest BCUT2D eigenvalue weighted by atomic mass is 16.5. The van der Waals surface area contributed by atoms with Crippen molar-refractivity contribution in [3.8, 4) is 23.2 Å². The highest BCUT2D eigenvalue weighted by Crippen LogP contribution is 2.43. The zero-order valence-electron chi connectivity index (χ0n) is 19.2. The summed E-state index contributed by atoms with van der Waals surface area (Å²) in [7, 11) is 0. The van der Waals surface area contributed by atoms with Gasteiger partial charge in [-0.25, -0.2) is 0 Å². The summed E-state index contributed by atoms with van der Waals surface area (Å²) in [5.41, 5.74) is 5.59. The Labute approximate surface area is 202 Å². The van der Waals surface area contributed by atoms with Gasteiger partial charge in [-0.2, -0.15) is 4.98 Å². The molecule has 2 N–H and O–H groups in total. The summed E-state index contributed by atoms with van der Waals surface area (Å²) < 4.78 is 19.9. The Morgan fingerprint density at radius 2 is 2.00 bits per heavy atom. The Hall–Kier alpha value is -4.20. The monoisotopic (exact) mass is 471 g/mol. The molecular formula is C27H25N3O5. The maximum Gasteiger partial charge on any atom is 0.304 e. The standard InChI is InChI=1S/C27H25N3O5/c1-2-33-27-29-20-7-3-4-8-22(20)30(27)23-9-5-6-19-21(15-35-26(19)23)28-17-10-11-18-16(12-25(31)32)14-34-24(18)13-17/h3-11,13,16,21,28H,2,12,14-15H2,1H3,(H,31,32)/t16-,21+/m1/s1. The summed E-state index contributed by atoms with van der Waals surface area (Å²) in [4.78, 5) is 15.8. The van der Waals surface area contributed by atoms with Gasteiger partial charge in [-0.1, -0.05) is 30.3 Å². The molecule has 178 valence electrons. The average molecular weight is 472 g/mol. The summed E-state index contributed by atoms with van der Waals surface area (Å²) in [5, 5.41) is 12.7. The number of aliphatic carboxylic acids is 1. The van der Waals surface area contributed by atoms with Gasteiger partial charge in [0.2, 0.25) is 0 Å². The molecule has 0 amide bonds. The molecule has 2 aliphatic heterocycles. The maximum atomic E-state index is 11.1. The lowest BCUT2D eigenvalue weighted by atomic mass is 9.97. The van der Waals surface area contributed by atoms with Crippen molar-refractivity contribution in [2.45, 2.75) is 25.3 Å². The number of rotatable bonds is 7. The molecule has 0 aliphatic carbocycles. The molecule has 0 radical (unpaired) electrons. The molecule has 2 aliphatic rings. The number of nitrogens with zero attached hydrogens (tertiary/aromatic N) is 2. The summed E-state index contributed by atoms with van der Waals surface area (Å²) in [6.45, 7) is 3.32. The number of para-hydroxylation sites is 3. The number of hydrogen-bond donors (Lipinski definition) is 2. The van der Waals surface area contributed by atoms with Gasteiger partial charge >= 0.3 is 12.0 Å². The molecule has 0 spiro atoms. The molecule has 0 fully saturated rings. The van der Waals surface area contributed by atoms with Crippen LogP contribution in [0, 0.1) is 0 Å². The molecule has 8 heteroatoms. The second-order valence-electron chi connectivity index (χ2n) is 8.71. The van der Waals surface area contributed by atoms with Crippen molar-refractivity contribution in [1.29, 1.82) is 0 Å². The van der Waals surface area contributed by atoms with Gasteiger partial charge in [-0.3, -0.25) is 9.36 Å². The van der Waals surface area contributed by atoms with Gasteiger partial charge in [0, 0.05) is 28.8 Å². The van der Waals surface area contributed by atoms with E-state index in [4.69, 9.17) is 19.3 Å². The zero-order valence-corrected chi connectivity index (χ0v) is 19.2. The molecule has 0 bridgehead atoms. The Kier molecular flexibility index (Phi) is 5.21. The molecule has 6 rings (SSSR count). The average Bonchev–Trinajstić information content (AvgIpc) is 3.54. The van der Waals surface area contributed by atoms with Gasteiger partial charge in [-0.05, 0) is 31.2 Å². The minimum Gasteiger partial charge on any atom is -0.493 e. The number of hydrogen-bond acceptors (Lipinski definition) is 6. The van der Waals surface area contributed by atoms with E-state index in [1.165, 1.54) is 0 Å². The Bertz CT molecular complexity index is 1430. The molecule has 1 aromatic heterocycles. The lowest BCUT2D eigenvalue weighted by Gasteiger charge is -2.15. The summed E-state index contributed by atoms with van der Waals surface area (Å²) >= 11 is 0. The molecule has 2 atom stereocenters. The first-order valence-corrected chi connectivity index (χ1v) is 11.7. The fraction of sp³-hybridized carbons (Fsp3) is 0.259. The molecule has 0 unspecified atom stereocenters. The van der Waals surface area contributed by atoms with E-state index < -0.39 is 5.97 Å². The third kappa shape index (κ3) is 3.71. The van der Waals surface area contributed by atoms with Gasteiger partial charge in [0.1, 0.15) is 18.1 Å². The first-order chi connectivity index (χ1) is 17.1. The highest BCUT2D eigenvalue weighted by Gasteiger charge is 2.30. The second kappa shape index (κ2) is 8.54. The smallest absolute Gasteiger partial charge is 0.304 e. The molecule has 0 saturated carbocycles. The van der Waals surface area contributed by atoms with Crippen LogP contribution in [0.4, 0.5) is 5.69 Å². The first-order valence-electron chi connectivity index (χ1n) is 11.7. The quantitative estimate of drug-likeness (QED) is 0.395. The third-order valence-corrected chi connectivity index (χ3v) is 6.49. The number of benzene rings is 3. The van der Waals surface area contributed by atoms with Gasteiger partial charge in [0.25, 0.3) is 0 Å². The van der Waals surface area contributed by atoms with Gasteiger partial charge < -0.3 is 24.6 Å². The number of carbonyl (C=O) groups is 1. The minimum atomic E-state index is -0.817. The van der Waals surface area contributed by atoms with Gasteiger partial charge in [0.05, 0.1) is 42.4 Å². The molecule has 0 saturated heterocycles. The van der Waals surface area contributed by atoms with Gasteiger partial charge in [0.15, 0.2) is 0 Å². The fourth-order valence-electron chi connectivity index (χ4n) is 4.94. The largest absolute Gasteiger partial charge is 0.493 e. The lowest BCUT2D eigenvalue weighted by molar-refractivity contribution is -0.137. The lowest BCUT2D eigenvalue weighted by Crippen LogP contribution is -2.11. The van der Waals surface area contributed by atoms with Crippen LogP contribution in [0.3, 0.4) is 0 Å². The predicted octanol–water partition coefficient (Wildman–Crippen LogP) is 4.92. The van der Waals surface area contributed by atoms with Crippen molar-refractivity contribution < 1.29 is 24.1 Å². The Balaban J connectivity index is 1.32. The first kappa shape index (κ1) is 21.3. The van der Waals surface area contributed by atoms with E-state index in [0.717, 1.165) is 45.0 Å². The summed E-state index contributed by atoms with van der Waals surface area (Å²) in [6.07, 6.45) is 0.0685. The summed E-state index contributed by atoms with van der Waals surface area (Å²) in [5.74, 6) is 0.606. The normalized spacial score (nSPS) is 18.0. The number of anilines is 1. The van der Waals surface area contributed by atoms with E-state index in [9.17, 15) is 4.79 Å². The fourth-order valence-corrected chi connectivity index (χ4v) is 4.94. The van der Waals surface area contributed by atoms with Crippen LogP contribution in [-0.4, -0.2) is 40.4 Å². The molecule has 35 heavy (non-hydrogen) atoms. The number of imidazole rings is 1. The van der Waals surface area contributed by atoms with Gasteiger partial charge in [-0.15, -0.1) is 0 Å². The minimum absolute atomic E-state index is 0.0513.